The number of hydrogen-bond donors (Lipinski definition) is 1. The molecule has 7 heteroatoms. The molecule has 3 rings (SSSR count). The summed E-state index contributed by atoms with van der Waals surface area (Å²) in [6.07, 6.45) is 0.860. The van der Waals surface area contributed by atoms with Gasteiger partial charge < -0.3 is 19.9 Å². The summed E-state index contributed by atoms with van der Waals surface area (Å²) in [6.45, 7) is 7.83. The number of hydrogen-bond acceptors (Lipinski definition) is 4. The van der Waals surface area contributed by atoms with Gasteiger partial charge in [0.25, 0.3) is 5.91 Å². The first-order valence-corrected chi connectivity index (χ1v) is 11.8. The Labute approximate surface area is 202 Å². The molecule has 0 radical (unpaired) electrons. The third-order valence-electron chi connectivity index (χ3n) is 6.13. The number of methoxy groups -OCH3 is 1. The number of ether oxygens (including phenoxy) is 1. The average molecular weight is 466 g/mol. The van der Waals surface area contributed by atoms with E-state index in [1.807, 2.05) is 63.2 Å². The van der Waals surface area contributed by atoms with Gasteiger partial charge in [-0.05, 0) is 48.6 Å². The molecule has 7 nitrogen and oxygen atoms in total. The predicted molar refractivity (Wildman–Crippen MR) is 132 cm³/mol. The lowest BCUT2D eigenvalue weighted by atomic mass is 10.0. The van der Waals surface area contributed by atoms with Gasteiger partial charge in [0.15, 0.2) is 0 Å². The zero-order valence-electron chi connectivity index (χ0n) is 20.5. The molecule has 1 saturated heterocycles. The van der Waals surface area contributed by atoms with Crippen molar-refractivity contribution in [3.63, 3.8) is 0 Å². The fraction of sp³-hybridized carbons (Fsp3) is 0.444. The molecular weight excluding hydrogens is 430 g/mol. The second-order valence-corrected chi connectivity index (χ2v) is 9.20. The van der Waals surface area contributed by atoms with E-state index in [2.05, 4.69) is 5.32 Å². The van der Waals surface area contributed by atoms with Crippen molar-refractivity contribution in [3.8, 4) is 5.75 Å². The summed E-state index contributed by atoms with van der Waals surface area (Å²) in [5, 5.41) is 2.96. The Morgan fingerprint density at radius 3 is 2.29 bits per heavy atom. The van der Waals surface area contributed by atoms with Crippen molar-refractivity contribution in [2.75, 3.05) is 33.3 Å². The molecule has 1 aliphatic heterocycles. The SMILES string of the molecule is COc1cccc(CC(=O)N2CCN(C(=O)C(CC(C)C)NC(=O)c3ccccc3C)CC2)c1. The van der Waals surface area contributed by atoms with Crippen molar-refractivity contribution in [1.29, 1.82) is 0 Å². The van der Waals surface area contributed by atoms with Crippen LogP contribution in [0.2, 0.25) is 0 Å². The summed E-state index contributed by atoms with van der Waals surface area (Å²) in [6, 6.07) is 14.3. The van der Waals surface area contributed by atoms with Gasteiger partial charge in [0.2, 0.25) is 11.8 Å². The van der Waals surface area contributed by atoms with Crippen molar-refractivity contribution < 1.29 is 19.1 Å². The first kappa shape index (κ1) is 25.3. The van der Waals surface area contributed by atoms with Crippen molar-refractivity contribution >= 4 is 17.7 Å². The van der Waals surface area contributed by atoms with E-state index in [0.29, 0.717) is 44.6 Å². The molecule has 1 heterocycles. The molecule has 1 unspecified atom stereocenters. The lowest BCUT2D eigenvalue weighted by Crippen LogP contribution is -2.56. The maximum absolute atomic E-state index is 13.3. The van der Waals surface area contributed by atoms with E-state index in [9.17, 15) is 14.4 Å². The molecule has 0 aromatic heterocycles. The van der Waals surface area contributed by atoms with Crippen LogP contribution >= 0.6 is 0 Å². The van der Waals surface area contributed by atoms with Crippen LogP contribution in [-0.2, 0) is 16.0 Å². The monoisotopic (exact) mass is 465 g/mol. The minimum absolute atomic E-state index is 0.0342. The Kier molecular flexibility index (Phi) is 8.68. The number of carbonyl (C=O) groups excluding carboxylic acids is 3. The highest BCUT2D eigenvalue weighted by Gasteiger charge is 2.30. The zero-order chi connectivity index (χ0) is 24.7. The summed E-state index contributed by atoms with van der Waals surface area (Å²) in [5.74, 6) is 0.688. The Hall–Kier alpha value is -3.35. The third-order valence-corrected chi connectivity index (χ3v) is 6.13. The van der Waals surface area contributed by atoms with Crippen LogP contribution in [0.4, 0.5) is 0 Å². The number of piperazine rings is 1. The first-order chi connectivity index (χ1) is 16.3. The van der Waals surface area contributed by atoms with Crippen molar-refractivity contribution in [2.45, 2.75) is 39.7 Å². The van der Waals surface area contributed by atoms with E-state index >= 15 is 0 Å². The first-order valence-electron chi connectivity index (χ1n) is 11.8. The maximum atomic E-state index is 13.3. The van der Waals surface area contributed by atoms with Gasteiger partial charge in [-0.15, -0.1) is 0 Å². The molecule has 1 fully saturated rings. The highest BCUT2D eigenvalue weighted by Crippen LogP contribution is 2.16. The third kappa shape index (κ3) is 6.59. The molecule has 1 atom stereocenters. The van der Waals surface area contributed by atoms with Crippen molar-refractivity contribution in [2.24, 2.45) is 5.92 Å². The normalized spacial score (nSPS) is 14.6. The minimum Gasteiger partial charge on any atom is -0.497 e. The molecule has 1 N–H and O–H groups in total. The summed E-state index contributed by atoms with van der Waals surface area (Å²) in [4.78, 5) is 42.5. The van der Waals surface area contributed by atoms with E-state index < -0.39 is 6.04 Å². The van der Waals surface area contributed by atoms with Crippen LogP contribution in [0.1, 0.15) is 41.8 Å². The van der Waals surface area contributed by atoms with E-state index in [4.69, 9.17) is 4.74 Å². The van der Waals surface area contributed by atoms with Crippen molar-refractivity contribution in [3.05, 3.63) is 65.2 Å². The Balaban J connectivity index is 1.59. The van der Waals surface area contributed by atoms with Crippen LogP contribution in [0.15, 0.2) is 48.5 Å². The summed E-state index contributed by atoms with van der Waals surface area (Å²) >= 11 is 0. The van der Waals surface area contributed by atoms with E-state index in [0.717, 1.165) is 16.9 Å². The fourth-order valence-electron chi connectivity index (χ4n) is 4.22. The van der Waals surface area contributed by atoms with Crippen LogP contribution in [0.3, 0.4) is 0 Å². The second kappa shape index (κ2) is 11.7. The van der Waals surface area contributed by atoms with Crippen LogP contribution in [-0.4, -0.2) is 66.9 Å². The number of rotatable bonds is 8. The molecule has 3 amide bonds. The molecule has 182 valence electrons. The van der Waals surface area contributed by atoms with E-state index in [1.165, 1.54) is 0 Å². The second-order valence-electron chi connectivity index (χ2n) is 9.20. The fourth-order valence-corrected chi connectivity index (χ4v) is 4.22. The number of benzene rings is 2. The van der Waals surface area contributed by atoms with Gasteiger partial charge in [0.1, 0.15) is 11.8 Å². The Morgan fingerprint density at radius 2 is 1.65 bits per heavy atom. The van der Waals surface area contributed by atoms with Crippen LogP contribution in [0, 0.1) is 12.8 Å². The van der Waals surface area contributed by atoms with Crippen LogP contribution < -0.4 is 10.1 Å². The van der Waals surface area contributed by atoms with Gasteiger partial charge in [-0.3, -0.25) is 14.4 Å². The molecule has 2 aromatic rings. The molecule has 0 bridgehead atoms. The molecule has 2 aromatic carbocycles. The smallest absolute Gasteiger partial charge is 0.252 e. The molecule has 0 aliphatic carbocycles. The number of carbonyl (C=O) groups is 3. The Morgan fingerprint density at radius 1 is 0.971 bits per heavy atom. The molecule has 0 saturated carbocycles. The number of amides is 3. The molecule has 1 aliphatic rings. The van der Waals surface area contributed by atoms with E-state index in [-0.39, 0.29) is 23.6 Å². The van der Waals surface area contributed by atoms with Gasteiger partial charge in [-0.1, -0.05) is 44.2 Å². The van der Waals surface area contributed by atoms with Gasteiger partial charge in [0, 0.05) is 31.7 Å². The molecule has 34 heavy (non-hydrogen) atoms. The standard InChI is InChI=1S/C27H35N3O4/c1-19(2)16-24(28-26(32)23-11-6-5-8-20(23)3)27(33)30-14-12-29(13-15-30)25(31)18-21-9-7-10-22(17-21)34-4/h5-11,17,19,24H,12-16,18H2,1-4H3,(H,28,32). The maximum Gasteiger partial charge on any atom is 0.252 e. The van der Waals surface area contributed by atoms with Crippen LogP contribution in [0.5, 0.6) is 5.75 Å². The highest BCUT2D eigenvalue weighted by molar-refractivity contribution is 5.98. The average Bonchev–Trinajstić information content (AvgIpc) is 2.83. The Bertz CT molecular complexity index is 1010. The van der Waals surface area contributed by atoms with E-state index in [1.54, 1.807) is 23.0 Å². The van der Waals surface area contributed by atoms with Crippen molar-refractivity contribution in [1.82, 2.24) is 15.1 Å². The largest absolute Gasteiger partial charge is 0.497 e. The number of nitrogens with one attached hydrogen (secondary N) is 1. The number of nitrogens with zero attached hydrogens (tertiary/aromatic N) is 2. The van der Waals surface area contributed by atoms with Gasteiger partial charge >= 0.3 is 0 Å². The van der Waals surface area contributed by atoms with Gasteiger partial charge in [-0.25, -0.2) is 0 Å². The summed E-state index contributed by atoms with van der Waals surface area (Å²) in [7, 11) is 1.60. The zero-order valence-corrected chi connectivity index (χ0v) is 20.5. The molecule has 0 spiro atoms. The van der Waals surface area contributed by atoms with Gasteiger partial charge in [-0.2, -0.15) is 0 Å². The summed E-state index contributed by atoms with van der Waals surface area (Å²) in [5.41, 5.74) is 2.36. The molecular formula is C27H35N3O4. The topological polar surface area (TPSA) is 79.0 Å². The predicted octanol–water partition coefficient (Wildman–Crippen LogP) is 3.06. The summed E-state index contributed by atoms with van der Waals surface area (Å²) < 4.78 is 5.24. The minimum atomic E-state index is -0.592. The van der Waals surface area contributed by atoms with Gasteiger partial charge in [0.05, 0.1) is 13.5 Å². The highest BCUT2D eigenvalue weighted by atomic mass is 16.5. The number of aryl methyl sites for hydroxylation is 1. The lowest BCUT2D eigenvalue weighted by Gasteiger charge is -2.37. The van der Waals surface area contributed by atoms with Crippen LogP contribution in [0.25, 0.3) is 0 Å². The quantitative estimate of drug-likeness (QED) is 0.650. The lowest BCUT2D eigenvalue weighted by molar-refractivity contribution is -0.140.